The highest BCUT2D eigenvalue weighted by Gasteiger charge is 2.54. The Bertz CT molecular complexity index is 693. The van der Waals surface area contributed by atoms with E-state index >= 15 is 0 Å². The van der Waals surface area contributed by atoms with Gasteiger partial charge in [-0.05, 0) is 0 Å². The van der Waals surface area contributed by atoms with Gasteiger partial charge in [-0.25, -0.2) is 17.9 Å². The summed E-state index contributed by atoms with van der Waals surface area (Å²) in [5, 5.41) is 0. The van der Waals surface area contributed by atoms with Gasteiger partial charge < -0.3 is 0 Å². The molecular weight excluding hydrogens is 619 g/mol. The topological polar surface area (TPSA) is 9.23 Å². The van der Waals surface area contributed by atoms with Gasteiger partial charge in [0.25, 0.3) is 5.92 Å². The first-order valence-electron chi connectivity index (χ1n) is 8.32. The fraction of sp³-hybridized carbons (Fsp3) is 0.647. The molecule has 0 spiro atoms. The highest BCUT2D eigenvalue weighted by molar-refractivity contribution is 5.14. The van der Waals surface area contributed by atoms with Crippen molar-refractivity contribution >= 4 is 0 Å². The fourth-order valence-corrected chi connectivity index (χ4v) is 1.08. The van der Waals surface area contributed by atoms with Crippen LogP contribution in [0.1, 0.15) is 12.8 Å². The van der Waals surface area contributed by atoms with Gasteiger partial charge in [-0.15, -0.1) is 0 Å². The third-order valence-corrected chi connectivity index (χ3v) is 2.44. The molecule has 0 aliphatic heterocycles. The molecule has 0 saturated carbocycles. The van der Waals surface area contributed by atoms with E-state index in [0.29, 0.717) is 14.4 Å². The number of hydrogen-bond donors (Lipinski definition) is 0. The number of ether oxygens (including phenoxy) is 1. The third-order valence-electron chi connectivity index (χ3n) is 2.44. The molecule has 0 aromatic carbocycles. The SMILES string of the molecule is C=C(C(F)(F)F)C(F)(F)CC(F)(F)F.C=C(F)C(F)(F)OC(F)(F)CC(F)(F)F.C=CC(F)(F)F.CF.CF. The highest BCUT2D eigenvalue weighted by Crippen LogP contribution is 2.42. The summed E-state index contributed by atoms with van der Waals surface area (Å²) >= 11 is 0. The van der Waals surface area contributed by atoms with Crippen LogP contribution in [0.2, 0.25) is 0 Å². The van der Waals surface area contributed by atoms with Crippen LogP contribution in [0.15, 0.2) is 37.2 Å². The molecule has 0 N–H and O–H groups in total. The lowest BCUT2D eigenvalue weighted by Crippen LogP contribution is -2.36. The summed E-state index contributed by atoms with van der Waals surface area (Å²) in [4.78, 5) is 0. The minimum Gasteiger partial charge on any atom is -0.255 e. The van der Waals surface area contributed by atoms with Gasteiger partial charge in [0.2, 0.25) is 0 Å². The third kappa shape index (κ3) is 30.1. The Kier molecular flexibility index (Phi) is 20.8. The number of hydrogen-bond acceptors (Lipinski definition) is 1. The maximum absolute atomic E-state index is 12.3. The van der Waals surface area contributed by atoms with Crippen LogP contribution in [-0.2, 0) is 4.74 Å². The molecular formula is C17H17F21O. The molecule has 0 fully saturated rings. The fourth-order valence-electron chi connectivity index (χ4n) is 1.08. The number of halogens is 21. The molecule has 238 valence electrons. The van der Waals surface area contributed by atoms with E-state index in [4.69, 9.17) is 0 Å². The van der Waals surface area contributed by atoms with Gasteiger partial charge in [-0.2, -0.15) is 70.2 Å². The lowest BCUT2D eigenvalue weighted by molar-refractivity contribution is -0.383. The Morgan fingerprint density at radius 1 is 0.615 bits per heavy atom. The summed E-state index contributed by atoms with van der Waals surface area (Å²) in [6, 6.07) is 0. The maximum atomic E-state index is 12.3. The van der Waals surface area contributed by atoms with Gasteiger partial charge in [0.1, 0.15) is 12.8 Å². The number of allylic oxidation sites excluding steroid dienone is 2. The second kappa shape index (κ2) is 17.4. The Labute approximate surface area is 205 Å². The summed E-state index contributed by atoms with van der Waals surface area (Å²) in [7, 11) is 1.00. The lowest BCUT2D eigenvalue weighted by atomic mass is 10.1. The van der Waals surface area contributed by atoms with Crippen molar-refractivity contribution in [3.05, 3.63) is 37.2 Å². The van der Waals surface area contributed by atoms with E-state index in [1.165, 1.54) is 0 Å². The van der Waals surface area contributed by atoms with Gasteiger partial charge in [-0.3, -0.25) is 8.78 Å². The van der Waals surface area contributed by atoms with E-state index in [2.05, 4.69) is 11.3 Å². The lowest BCUT2D eigenvalue weighted by Gasteiger charge is -2.22. The van der Waals surface area contributed by atoms with Gasteiger partial charge in [0, 0.05) is 6.08 Å². The Hall–Kier alpha value is -2.29. The zero-order valence-electron chi connectivity index (χ0n) is 19.0. The van der Waals surface area contributed by atoms with Crippen LogP contribution in [0.4, 0.5) is 92.2 Å². The molecule has 0 bridgehead atoms. The first-order chi connectivity index (χ1) is 16.8. The summed E-state index contributed by atoms with van der Waals surface area (Å²) in [6.45, 7) is 6.36. The molecule has 0 radical (unpaired) electrons. The number of alkyl halides is 20. The van der Waals surface area contributed by atoms with E-state index in [9.17, 15) is 92.2 Å². The van der Waals surface area contributed by atoms with Crippen molar-refractivity contribution in [3.63, 3.8) is 0 Å². The molecule has 1 nitrogen and oxygen atoms in total. The molecule has 0 rings (SSSR count). The molecule has 22 heteroatoms. The number of rotatable bonds is 6. The van der Waals surface area contributed by atoms with Crippen molar-refractivity contribution in [1.82, 2.24) is 0 Å². The van der Waals surface area contributed by atoms with E-state index < -0.39 is 67.1 Å². The average molecular weight is 636 g/mol. The van der Waals surface area contributed by atoms with Crippen molar-refractivity contribution < 1.29 is 96.9 Å². The van der Waals surface area contributed by atoms with Crippen molar-refractivity contribution in [2.75, 3.05) is 14.4 Å². The quantitative estimate of drug-likeness (QED) is 0.208. The molecule has 0 aromatic heterocycles. The van der Waals surface area contributed by atoms with Crippen LogP contribution in [0.3, 0.4) is 0 Å². The van der Waals surface area contributed by atoms with Crippen molar-refractivity contribution in [2.24, 2.45) is 0 Å². The first kappa shape index (κ1) is 46.6. The minimum absolute atomic E-state index is 0.0625. The first-order valence-corrected chi connectivity index (χ1v) is 8.32. The summed E-state index contributed by atoms with van der Waals surface area (Å²) in [5.41, 5.74) is -2.69. The van der Waals surface area contributed by atoms with E-state index in [1.54, 1.807) is 0 Å². The van der Waals surface area contributed by atoms with Crippen LogP contribution in [-0.4, -0.2) is 57.2 Å². The van der Waals surface area contributed by atoms with Crippen LogP contribution < -0.4 is 0 Å². The zero-order valence-corrected chi connectivity index (χ0v) is 19.0. The highest BCUT2D eigenvalue weighted by atomic mass is 19.4. The molecule has 39 heavy (non-hydrogen) atoms. The van der Waals surface area contributed by atoms with Crippen LogP contribution >= 0.6 is 0 Å². The van der Waals surface area contributed by atoms with Gasteiger partial charge in [0.15, 0.2) is 5.83 Å². The van der Waals surface area contributed by atoms with E-state index in [1.807, 2.05) is 13.2 Å². The largest absolute Gasteiger partial charge is 0.417 e. The van der Waals surface area contributed by atoms with Crippen molar-refractivity contribution in [1.29, 1.82) is 0 Å². The van der Waals surface area contributed by atoms with Crippen LogP contribution in [0.5, 0.6) is 0 Å². The Balaban J connectivity index is -0.000000148. The molecule has 0 aromatic rings. The van der Waals surface area contributed by atoms with Gasteiger partial charge in [-0.1, -0.05) is 19.7 Å². The predicted molar refractivity (Wildman–Crippen MR) is 93.0 cm³/mol. The van der Waals surface area contributed by atoms with E-state index in [0.717, 1.165) is 0 Å². The summed E-state index contributed by atoms with van der Waals surface area (Å²) in [6.07, 6.45) is -36.8. The standard InChI is InChI=1S/C6H4F8O.C6H4F8.C3H3F3.2CH3F/c1-3(7)6(13,14)15-5(11,12)2-4(8,9)10;1-3(6(12,13)14)4(7,8)2-5(9,10)11;1-2-3(4,5)6;2*1-2/h1-2H2;1-2H2;2H,1H2;2*1H3. The molecule has 0 heterocycles. The predicted octanol–water partition coefficient (Wildman–Crippen LogP) is 10.2. The summed E-state index contributed by atoms with van der Waals surface area (Å²) < 4.78 is 241. The molecule has 0 saturated heterocycles. The second-order valence-corrected chi connectivity index (χ2v) is 5.67. The average Bonchev–Trinajstić information content (AvgIpc) is 2.65. The smallest absolute Gasteiger partial charge is 0.255 e. The monoisotopic (exact) mass is 636 g/mol. The molecule has 0 aliphatic rings. The van der Waals surface area contributed by atoms with E-state index in [-0.39, 0.29) is 6.08 Å². The minimum atomic E-state index is -5.53. The van der Waals surface area contributed by atoms with Crippen molar-refractivity contribution in [2.45, 2.75) is 55.7 Å². The second-order valence-electron chi connectivity index (χ2n) is 5.67. The molecule has 0 amide bonds. The van der Waals surface area contributed by atoms with Gasteiger partial charge >= 0.3 is 36.9 Å². The summed E-state index contributed by atoms with van der Waals surface area (Å²) in [5.74, 6) is -7.62. The van der Waals surface area contributed by atoms with Crippen LogP contribution in [0, 0.1) is 0 Å². The molecule has 0 aliphatic carbocycles. The van der Waals surface area contributed by atoms with Crippen LogP contribution in [0.25, 0.3) is 0 Å². The van der Waals surface area contributed by atoms with Gasteiger partial charge in [0.05, 0.1) is 19.9 Å². The Morgan fingerprint density at radius 2 is 0.897 bits per heavy atom. The molecule has 0 atom stereocenters. The molecule has 0 unspecified atom stereocenters. The van der Waals surface area contributed by atoms with Crippen molar-refractivity contribution in [3.8, 4) is 0 Å². The zero-order chi connectivity index (χ0) is 33.5. The maximum Gasteiger partial charge on any atom is 0.417 e. The Morgan fingerprint density at radius 3 is 1.08 bits per heavy atom. The normalized spacial score (nSPS) is 12.6.